The van der Waals surface area contributed by atoms with Crippen molar-refractivity contribution in [2.45, 2.75) is 88.8 Å². The van der Waals surface area contributed by atoms with Crippen molar-refractivity contribution < 1.29 is 0 Å². The van der Waals surface area contributed by atoms with Crippen molar-refractivity contribution in [2.75, 3.05) is 5.32 Å². The van der Waals surface area contributed by atoms with E-state index < -0.39 is 0 Å². The molecule has 0 atom stereocenters. The van der Waals surface area contributed by atoms with Crippen LogP contribution in [0.5, 0.6) is 0 Å². The Kier molecular flexibility index (Phi) is 5.05. The van der Waals surface area contributed by atoms with Crippen molar-refractivity contribution >= 4 is 5.95 Å². The first-order chi connectivity index (χ1) is 13.8. The maximum absolute atomic E-state index is 6.04. The fourth-order valence-electron chi connectivity index (χ4n) is 4.89. The van der Waals surface area contributed by atoms with Gasteiger partial charge >= 0.3 is 0 Å². The molecule has 0 radical (unpaired) electrons. The Morgan fingerprint density at radius 3 is 2.57 bits per heavy atom. The lowest BCUT2D eigenvalue weighted by Gasteiger charge is -2.26. The average molecular weight is 381 g/mol. The fraction of sp³-hybridized carbons (Fsp3) is 0.682. The van der Waals surface area contributed by atoms with Crippen LogP contribution in [-0.2, 0) is 6.42 Å². The van der Waals surface area contributed by atoms with Gasteiger partial charge in [0.1, 0.15) is 0 Å². The van der Waals surface area contributed by atoms with Crippen molar-refractivity contribution in [2.24, 2.45) is 11.7 Å². The van der Waals surface area contributed by atoms with E-state index in [9.17, 15) is 0 Å². The van der Waals surface area contributed by atoms with Crippen LogP contribution in [-0.4, -0.2) is 31.8 Å². The fourth-order valence-corrected chi connectivity index (χ4v) is 4.89. The van der Waals surface area contributed by atoms with E-state index in [1.807, 2.05) is 18.5 Å². The molecule has 28 heavy (non-hydrogen) atoms. The highest BCUT2D eigenvalue weighted by Gasteiger charge is 2.29. The summed E-state index contributed by atoms with van der Waals surface area (Å²) < 4.78 is 2.33. The number of nitrogens with one attached hydrogen (secondary N) is 1. The van der Waals surface area contributed by atoms with E-state index in [-0.39, 0.29) is 0 Å². The average Bonchev–Trinajstić information content (AvgIpc) is 3.18. The second kappa shape index (κ2) is 7.82. The van der Waals surface area contributed by atoms with Crippen LogP contribution < -0.4 is 11.1 Å². The normalized spacial score (nSPS) is 25.9. The first kappa shape index (κ1) is 18.1. The van der Waals surface area contributed by atoms with Crippen LogP contribution in [0.1, 0.15) is 75.9 Å². The standard InChI is InChI=1S/C22H32N6/c23-16-7-9-17(10-8-16)26-22-24-12-11-20(27-22)19-14-25-28(18-3-1-2-4-18)21(19)13-15-5-6-15/h11-12,14-18H,1-10,13,23H2,(H,24,26,27). The molecule has 0 saturated heterocycles. The minimum absolute atomic E-state index is 0.358. The highest BCUT2D eigenvalue weighted by Crippen LogP contribution is 2.38. The van der Waals surface area contributed by atoms with Gasteiger partial charge in [0.2, 0.25) is 5.95 Å². The molecule has 3 N–H and O–H groups in total. The molecule has 3 aliphatic carbocycles. The maximum Gasteiger partial charge on any atom is 0.223 e. The third-order valence-electron chi connectivity index (χ3n) is 6.78. The lowest BCUT2D eigenvalue weighted by molar-refractivity contribution is 0.410. The molecule has 5 rings (SSSR count). The largest absolute Gasteiger partial charge is 0.351 e. The molecule has 3 fully saturated rings. The van der Waals surface area contributed by atoms with E-state index in [2.05, 4.69) is 15.0 Å². The first-order valence-electron chi connectivity index (χ1n) is 11.2. The van der Waals surface area contributed by atoms with Crippen LogP contribution in [0.3, 0.4) is 0 Å². The predicted molar refractivity (Wildman–Crippen MR) is 111 cm³/mol. The Balaban J connectivity index is 1.39. The molecule has 2 aromatic heterocycles. The molecular formula is C22H32N6. The van der Waals surface area contributed by atoms with E-state index in [1.54, 1.807) is 0 Å². The lowest BCUT2D eigenvalue weighted by atomic mass is 9.92. The van der Waals surface area contributed by atoms with Gasteiger partial charge in [-0.25, -0.2) is 9.97 Å². The second-order valence-corrected chi connectivity index (χ2v) is 9.06. The molecule has 0 aliphatic heterocycles. The summed E-state index contributed by atoms with van der Waals surface area (Å²) in [6, 6.07) is 3.40. The Labute approximate surface area is 167 Å². The molecule has 0 bridgehead atoms. The second-order valence-electron chi connectivity index (χ2n) is 9.06. The first-order valence-corrected chi connectivity index (χ1v) is 11.2. The highest BCUT2D eigenvalue weighted by atomic mass is 15.3. The van der Waals surface area contributed by atoms with Crippen LogP contribution in [0.15, 0.2) is 18.5 Å². The summed E-state index contributed by atoms with van der Waals surface area (Å²) in [6.07, 6.45) is 17.3. The number of anilines is 1. The van der Waals surface area contributed by atoms with Crippen LogP contribution in [0.4, 0.5) is 5.95 Å². The van der Waals surface area contributed by atoms with Gasteiger partial charge in [-0.3, -0.25) is 4.68 Å². The number of nitrogens with two attached hydrogens (primary N) is 1. The van der Waals surface area contributed by atoms with Gasteiger partial charge in [0.25, 0.3) is 0 Å². The zero-order chi connectivity index (χ0) is 18.9. The molecule has 3 aliphatic rings. The van der Waals surface area contributed by atoms with E-state index >= 15 is 0 Å². The molecule has 3 saturated carbocycles. The van der Waals surface area contributed by atoms with Gasteiger partial charge in [0.15, 0.2) is 0 Å². The van der Waals surface area contributed by atoms with Crippen LogP contribution in [0, 0.1) is 5.92 Å². The van der Waals surface area contributed by atoms with Crippen molar-refractivity contribution in [3.05, 3.63) is 24.2 Å². The molecule has 6 nitrogen and oxygen atoms in total. The van der Waals surface area contributed by atoms with Gasteiger partial charge in [-0.1, -0.05) is 12.8 Å². The summed E-state index contributed by atoms with van der Waals surface area (Å²) >= 11 is 0. The van der Waals surface area contributed by atoms with Crippen molar-refractivity contribution in [1.82, 2.24) is 19.7 Å². The number of aromatic nitrogens is 4. The minimum atomic E-state index is 0.358. The Morgan fingerprint density at radius 1 is 1.04 bits per heavy atom. The maximum atomic E-state index is 6.04. The van der Waals surface area contributed by atoms with Gasteiger partial charge in [0.05, 0.1) is 17.9 Å². The summed E-state index contributed by atoms with van der Waals surface area (Å²) in [6.45, 7) is 0. The molecule has 0 unspecified atom stereocenters. The summed E-state index contributed by atoms with van der Waals surface area (Å²) in [5, 5.41) is 8.37. The third-order valence-corrected chi connectivity index (χ3v) is 6.78. The number of nitrogens with zero attached hydrogens (tertiary/aromatic N) is 4. The van der Waals surface area contributed by atoms with Gasteiger partial charge in [-0.2, -0.15) is 5.10 Å². The molecule has 2 heterocycles. The summed E-state index contributed by atoms with van der Waals surface area (Å²) in [5.41, 5.74) is 9.64. The number of hydrogen-bond acceptors (Lipinski definition) is 5. The molecular weight excluding hydrogens is 348 g/mol. The Morgan fingerprint density at radius 2 is 1.82 bits per heavy atom. The molecule has 0 spiro atoms. The zero-order valence-corrected chi connectivity index (χ0v) is 16.7. The van der Waals surface area contributed by atoms with E-state index in [1.165, 1.54) is 49.8 Å². The van der Waals surface area contributed by atoms with Crippen molar-refractivity contribution in [3.63, 3.8) is 0 Å². The van der Waals surface area contributed by atoms with Crippen molar-refractivity contribution in [1.29, 1.82) is 0 Å². The van der Waals surface area contributed by atoms with Crippen LogP contribution in [0.2, 0.25) is 0 Å². The highest BCUT2D eigenvalue weighted by molar-refractivity contribution is 5.62. The topological polar surface area (TPSA) is 81.6 Å². The lowest BCUT2D eigenvalue weighted by Crippen LogP contribution is -2.33. The van der Waals surface area contributed by atoms with Gasteiger partial charge in [0, 0.05) is 29.5 Å². The van der Waals surface area contributed by atoms with E-state index in [0.29, 0.717) is 18.1 Å². The number of hydrogen-bond donors (Lipinski definition) is 2. The Hall–Kier alpha value is -1.95. The summed E-state index contributed by atoms with van der Waals surface area (Å²) in [5.74, 6) is 1.57. The van der Waals surface area contributed by atoms with Crippen molar-refractivity contribution in [3.8, 4) is 11.3 Å². The van der Waals surface area contributed by atoms with Crippen LogP contribution in [0.25, 0.3) is 11.3 Å². The quantitative estimate of drug-likeness (QED) is 0.789. The van der Waals surface area contributed by atoms with Gasteiger partial charge in [-0.15, -0.1) is 0 Å². The van der Waals surface area contributed by atoms with Gasteiger partial charge < -0.3 is 11.1 Å². The monoisotopic (exact) mass is 380 g/mol. The molecule has 0 aromatic carbocycles. The smallest absolute Gasteiger partial charge is 0.223 e. The molecule has 150 valence electrons. The molecule has 0 amide bonds. The molecule has 6 heteroatoms. The van der Waals surface area contributed by atoms with E-state index in [4.69, 9.17) is 15.8 Å². The summed E-state index contributed by atoms with van der Waals surface area (Å²) in [7, 11) is 0. The van der Waals surface area contributed by atoms with Crippen LogP contribution >= 0.6 is 0 Å². The summed E-state index contributed by atoms with van der Waals surface area (Å²) in [4.78, 5) is 9.36. The van der Waals surface area contributed by atoms with E-state index in [0.717, 1.165) is 49.7 Å². The molecule has 2 aromatic rings. The zero-order valence-electron chi connectivity index (χ0n) is 16.7. The SMILES string of the molecule is NC1CCC(Nc2nccc(-c3cnn(C4CCCC4)c3CC3CC3)n2)CC1. The number of rotatable bonds is 6. The van der Waals surface area contributed by atoms with Gasteiger partial charge in [-0.05, 0) is 69.8 Å². The predicted octanol–water partition coefficient (Wildman–Crippen LogP) is 4.09. The minimum Gasteiger partial charge on any atom is -0.351 e. The third kappa shape index (κ3) is 3.93. The Bertz CT molecular complexity index is 797.